The maximum atomic E-state index is 7.21. The molecule has 0 atom stereocenters. The van der Waals surface area contributed by atoms with E-state index in [0.717, 1.165) is 11.1 Å². The molecule has 0 unspecified atom stereocenters. The molecular weight excluding hydrogens is 254 g/mol. The number of anilines is 4. The van der Waals surface area contributed by atoms with Crippen molar-refractivity contribution in [3.63, 3.8) is 0 Å². The minimum atomic E-state index is 0.388. The molecule has 0 aliphatic rings. The second kappa shape index (κ2) is 4.54. The maximum absolute atomic E-state index is 7.21. The van der Waals surface area contributed by atoms with Crippen LogP contribution >= 0.6 is 0 Å². The number of hydrogen-bond acceptors (Lipinski definition) is 6. The predicted octanol–water partition coefficient (Wildman–Crippen LogP) is 1.86. The van der Waals surface area contributed by atoms with Crippen LogP contribution in [-0.2, 0) is 0 Å². The SMILES string of the molecule is N=Cc1ccc(Nc2nc(N)c3cc[nH]c3n2)cc1N. The van der Waals surface area contributed by atoms with Gasteiger partial charge in [-0.3, -0.25) is 0 Å². The number of nitrogen functional groups attached to an aromatic ring is 2. The molecular formula is C13H13N7. The van der Waals surface area contributed by atoms with E-state index in [1.54, 1.807) is 24.4 Å². The molecule has 3 rings (SSSR count). The third-order valence-corrected chi connectivity index (χ3v) is 2.94. The number of nitrogens with one attached hydrogen (secondary N) is 3. The molecule has 0 amide bonds. The highest BCUT2D eigenvalue weighted by Gasteiger charge is 2.06. The van der Waals surface area contributed by atoms with Gasteiger partial charge in [0, 0.05) is 29.3 Å². The number of hydrogen-bond donors (Lipinski definition) is 5. The highest BCUT2D eigenvalue weighted by Crippen LogP contribution is 2.22. The summed E-state index contributed by atoms with van der Waals surface area (Å²) in [5.74, 6) is 0.794. The molecule has 7 N–H and O–H groups in total. The van der Waals surface area contributed by atoms with E-state index in [1.165, 1.54) is 6.21 Å². The average molecular weight is 267 g/mol. The zero-order valence-corrected chi connectivity index (χ0v) is 10.5. The van der Waals surface area contributed by atoms with Crippen LogP contribution in [0.25, 0.3) is 11.0 Å². The number of H-pyrrole nitrogens is 1. The van der Waals surface area contributed by atoms with Crippen molar-refractivity contribution in [2.75, 3.05) is 16.8 Å². The summed E-state index contributed by atoms with van der Waals surface area (Å²) in [5, 5.41) is 11.0. The Kier molecular flexibility index (Phi) is 2.72. The number of benzene rings is 1. The summed E-state index contributed by atoms with van der Waals surface area (Å²) in [7, 11) is 0. The molecule has 0 bridgehead atoms. The van der Waals surface area contributed by atoms with Crippen LogP contribution in [0.2, 0.25) is 0 Å². The van der Waals surface area contributed by atoms with Gasteiger partial charge >= 0.3 is 0 Å². The quantitative estimate of drug-likeness (QED) is 0.365. The fourth-order valence-electron chi connectivity index (χ4n) is 1.93. The second-order valence-electron chi connectivity index (χ2n) is 4.29. The van der Waals surface area contributed by atoms with E-state index in [1.807, 2.05) is 6.07 Å². The van der Waals surface area contributed by atoms with Gasteiger partial charge in [-0.2, -0.15) is 9.97 Å². The van der Waals surface area contributed by atoms with Gasteiger partial charge in [-0.15, -0.1) is 0 Å². The summed E-state index contributed by atoms with van der Waals surface area (Å²) in [4.78, 5) is 11.5. The average Bonchev–Trinajstić information content (AvgIpc) is 2.88. The van der Waals surface area contributed by atoms with Crippen molar-refractivity contribution in [3.8, 4) is 0 Å². The smallest absolute Gasteiger partial charge is 0.231 e. The van der Waals surface area contributed by atoms with Crippen LogP contribution in [0.3, 0.4) is 0 Å². The lowest BCUT2D eigenvalue weighted by Crippen LogP contribution is -2.02. The Hall–Kier alpha value is -3.09. The molecule has 7 nitrogen and oxygen atoms in total. The van der Waals surface area contributed by atoms with Gasteiger partial charge < -0.3 is 27.2 Å². The Morgan fingerprint density at radius 1 is 1.20 bits per heavy atom. The highest BCUT2D eigenvalue weighted by molar-refractivity contribution is 5.88. The lowest BCUT2D eigenvalue weighted by atomic mass is 10.2. The Labute approximate surface area is 114 Å². The molecule has 2 aromatic heterocycles. The van der Waals surface area contributed by atoms with Crippen molar-refractivity contribution in [1.29, 1.82) is 5.41 Å². The van der Waals surface area contributed by atoms with Crippen molar-refractivity contribution in [2.24, 2.45) is 0 Å². The molecule has 0 aliphatic carbocycles. The van der Waals surface area contributed by atoms with Crippen molar-refractivity contribution in [1.82, 2.24) is 15.0 Å². The van der Waals surface area contributed by atoms with E-state index < -0.39 is 0 Å². The molecule has 0 spiro atoms. The molecule has 0 saturated carbocycles. The largest absolute Gasteiger partial charge is 0.398 e. The number of nitrogens with two attached hydrogens (primary N) is 2. The molecule has 0 aliphatic heterocycles. The first-order valence-corrected chi connectivity index (χ1v) is 5.95. The van der Waals surface area contributed by atoms with E-state index in [4.69, 9.17) is 16.9 Å². The zero-order valence-electron chi connectivity index (χ0n) is 10.5. The van der Waals surface area contributed by atoms with Crippen molar-refractivity contribution in [3.05, 3.63) is 36.0 Å². The fourth-order valence-corrected chi connectivity index (χ4v) is 1.93. The molecule has 7 heteroatoms. The van der Waals surface area contributed by atoms with Crippen LogP contribution < -0.4 is 16.8 Å². The van der Waals surface area contributed by atoms with Gasteiger partial charge in [0.25, 0.3) is 0 Å². The Bertz CT molecular complexity index is 791. The summed E-state index contributed by atoms with van der Waals surface area (Å²) in [6, 6.07) is 7.10. The summed E-state index contributed by atoms with van der Waals surface area (Å²) >= 11 is 0. The number of aromatic amines is 1. The van der Waals surface area contributed by atoms with E-state index in [0.29, 0.717) is 28.7 Å². The lowest BCUT2D eigenvalue weighted by Gasteiger charge is -2.08. The topological polar surface area (TPSA) is 129 Å². The number of aromatic nitrogens is 3. The van der Waals surface area contributed by atoms with Crippen molar-refractivity contribution < 1.29 is 0 Å². The molecule has 20 heavy (non-hydrogen) atoms. The van der Waals surface area contributed by atoms with E-state index >= 15 is 0 Å². The lowest BCUT2D eigenvalue weighted by molar-refractivity contribution is 1.20. The van der Waals surface area contributed by atoms with Crippen LogP contribution in [0.15, 0.2) is 30.5 Å². The second-order valence-corrected chi connectivity index (χ2v) is 4.29. The van der Waals surface area contributed by atoms with Crippen molar-refractivity contribution in [2.45, 2.75) is 0 Å². The fraction of sp³-hybridized carbons (Fsp3) is 0. The first-order chi connectivity index (χ1) is 9.67. The van der Waals surface area contributed by atoms with Gasteiger partial charge in [0.2, 0.25) is 5.95 Å². The molecule has 2 heterocycles. The summed E-state index contributed by atoms with van der Waals surface area (Å²) in [5.41, 5.74) is 14.3. The van der Waals surface area contributed by atoms with Crippen LogP contribution in [0.5, 0.6) is 0 Å². The first-order valence-electron chi connectivity index (χ1n) is 5.95. The van der Waals surface area contributed by atoms with E-state index in [-0.39, 0.29) is 0 Å². The van der Waals surface area contributed by atoms with Crippen LogP contribution in [0.1, 0.15) is 5.56 Å². The van der Waals surface area contributed by atoms with Crippen molar-refractivity contribution >= 4 is 40.4 Å². The molecule has 3 aromatic rings. The van der Waals surface area contributed by atoms with Gasteiger partial charge in [-0.1, -0.05) is 0 Å². The third-order valence-electron chi connectivity index (χ3n) is 2.94. The maximum Gasteiger partial charge on any atom is 0.231 e. The minimum Gasteiger partial charge on any atom is -0.398 e. The number of rotatable bonds is 3. The minimum absolute atomic E-state index is 0.388. The van der Waals surface area contributed by atoms with Gasteiger partial charge in [-0.25, -0.2) is 0 Å². The van der Waals surface area contributed by atoms with Crippen LogP contribution in [0, 0.1) is 5.41 Å². The Morgan fingerprint density at radius 3 is 2.80 bits per heavy atom. The molecule has 100 valence electrons. The first kappa shape index (κ1) is 12.0. The summed E-state index contributed by atoms with van der Waals surface area (Å²) in [6.45, 7) is 0. The molecule has 0 radical (unpaired) electrons. The number of nitrogens with zero attached hydrogens (tertiary/aromatic N) is 2. The summed E-state index contributed by atoms with van der Waals surface area (Å²) in [6.07, 6.45) is 2.97. The zero-order chi connectivity index (χ0) is 14.1. The van der Waals surface area contributed by atoms with E-state index in [2.05, 4.69) is 20.3 Å². The third kappa shape index (κ3) is 2.01. The Morgan fingerprint density at radius 2 is 2.05 bits per heavy atom. The predicted molar refractivity (Wildman–Crippen MR) is 80.3 cm³/mol. The summed E-state index contributed by atoms with van der Waals surface area (Å²) < 4.78 is 0. The van der Waals surface area contributed by atoms with Crippen LogP contribution in [0.4, 0.5) is 23.1 Å². The van der Waals surface area contributed by atoms with E-state index in [9.17, 15) is 0 Å². The molecule has 0 saturated heterocycles. The van der Waals surface area contributed by atoms with Gasteiger partial charge in [0.05, 0.1) is 5.39 Å². The van der Waals surface area contributed by atoms with Gasteiger partial charge in [0.1, 0.15) is 11.5 Å². The van der Waals surface area contributed by atoms with Gasteiger partial charge in [0.15, 0.2) is 0 Å². The van der Waals surface area contributed by atoms with Gasteiger partial charge in [-0.05, 0) is 24.3 Å². The normalized spacial score (nSPS) is 10.6. The monoisotopic (exact) mass is 267 g/mol. The van der Waals surface area contributed by atoms with Crippen LogP contribution in [-0.4, -0.2) is 21.2 Å². The molecule has 1 aromatic carbocycles. The Balaban J connectivity index is 1.96. The highest BCUT2D eigenvalue weighted by atomic mass is 15.1. The standard InChI is InChI=1S/C13H13N7/c14-6-7-1-2-8(5-10(7)15)18-13-19-11(16)9-3-4-17-12(9)20-13/h1-6,14H,15H2,(H4,16,17,18,19,20). The number of fused-ring (bicyclic) bond motifs is 1. The molecule has 0 fully saturated rings.